The van der Waals surface area contributed by atoms with Crippen LogP contribution in [-0.4, -0.2) is 20.5 Å². The molecular weight excluding hydrogens is 332 g/mol. The predicted octanol–water partition coefficient (Wildman–Crippen LogP) is 3.51. The van der Waals surface area contributed by atoms with Crippen molar-refractivity contribution in [1.29, 1.82) is 0 Å². The Labute approximate surface area is 130 Å². The lowest BCUT2D eigenvalue weighted by Crippen LogP contribution is -2.15. The van der Waals surface area contributed by atoms with Crippen LogP contribution < -0.4 is 0 Å². The number of benzene rings is 1. The molecule has 21 heavy (non-hydrogen) atoms. The molecule has 2 heterocycles. The first-order valence-electron chi connectivity index (χ1n) is 6.55. The Balaban J connectivity index is 1.96. The average molecular weight is 345 g/mol. The van der Waals surface area contributed by atoms with Gasteiger partial charge in [0, 0.05) is 23.3 Å². The van der Waals surface area contributed by atoms with Crippen molar-refractivity contribution in [1.82, 2.24) is 9.38 Å². The largest absolute Gasteiger partial charge is 0.481 e. The maximum atomic E-state index is 11.6. The minimum atomic E-state index is -0.848. The highest BCUT2D eigenvalue weighted by Gasteiger charge is 2.23. The monoisotopic (exact) mass is 344 g/mol. The Hall–Kier alpha value is -2.14. The van der Waals surface area contributed by atoms with Gasteiger partial charge in [-0.05, 0) is 23.8 Å². The summed E-state index contributed by atoms with van der Waals surface area (Å²) in [5.41, 5.74) is 2.36. The number of carbonyl (C=O) groups is 1. The van der Waals surface area contributed by atoms with Crippen LogP contribution in [0.4, 0.5) is 0 Å². The smallest absolute Gasteiger partial charge is 0.311 e. The summed E-state index contributed by atoms with van der Waals surface area (Å²) in [7, 11) is 0. The van der Waals surface area contributed by atoms with E-state index >= 15 is 0 Å². The van der Waals surface area contributed by atoms with Crippen molar-refractivity contribution in [2.24, 2.45) is 0 Å². The summed E-state index contributed by atoms with van der Waals surface area (Å²) in [6, 6.07) is 13.1. The van der Waals surface area contributed by atoms with E-state index < -0.39 is 11.9 Å². The van der Waals surface area contributed by atoms with E-state index in [0.29, 0.717) is 6.42 Å². The van der Waals surface area contributed by atoms with Gasteiger partial charge in [-0.25, -0.2) is 4.98 Å². The molecule has 0 aliphatic carbocycles. The second-order valence-corrected chi connectivity index (χ2v) is 5.67. The third-order valence-electron chi connectivity index (χ3n) is 3.41. The molecule has 0 saturated heterocycles. The van der Waals surface area contributed by atoms with Crippen molar-refractivity contribution >= 4 is 27.5 Å². The number of carboxylic acids is 1. The molecule has 1 unspecified atom stereocenters. The first-order chi connectivity index (χ1) is 10.1. The summed E-state index contributed by atoms with van der Waals surface area (Å²) in [6.45, 7) is 0. The second kappa shape index (κ2) is 5.69. The Kier molecular flexibility index (Phi) is 3.75. The number of nitrogens with zero attached hydrogens (tertiary/aromatic N) is 2. The molecule has 5 heteroatoms. The van der Waals surface area contributed by atoms with Gasteiger partial charge in [-0.15, -0.1) is 0 Å². The number of imidazole rings is 1. The summed E-state index contributed by atoms with van der Waals surface area (Å²) in [5.74, 6) is -1.47. The van der Waals surface area contributed by atoms with Crippen molar-refractivity contribution in [2.45, 2.75) is 12.3 Å². The molecule has 3 rings (SSSR count). The van der Waals surface area contributed by atoms with E-state index in [4.69, 9.17) is 0 Å². The number of fused-ring (bicyclic) bond motifs is 1. The maximum Gasteiger partial charge on any atom is 0.311 e. The SMILES string of the molecule is O=C(O)C(Cc1cn2ccccc2n1)c1ccccc1Br. The number of carboxylic acid groups (broad SMARTS) is 1. The van der Waals surface area contributed by atoms with Crippen LogP contribution in [0.15, 0.2) is 59.3 Å². The molecule has 0 fully saturated rings. The molecule has 2 aromatic heterocycles. The molecule has 0 bridgehead atoms. The van der Waals surface area contributed by atoms with Gasteiger partial charge in [0.15, 0.2) is 0 Å². The Bertz CT molecular complexity index is 765. The van der Waals surface area contributed by atoms with Crippen molar-refractivity contribution in [2.75, 3.05) is 0 Å². The van der Waals surface area contributed by atoms with Gasteiger partial charge in [0.05, 0.1) is 11.6 Å². The highest BCUT2D eigenvalue weighted by atomic mass is 79.9. The molecule has 0 saturated carbocycles. The zero-order chi connectivity index (χ0) is 14.8. The van der Waals surface area contributed by atoms with E-state index in [9.17, 15) is 9.90 Å². The zero-order valence-electron chi connectivity index (χ0n) is 11.1. The highest BCUT2D eigenvalue weighted by Crippen LogP contribution is 2.28. The average Bonchev–Trinajstić information content (AvgIpc) is 2.88. The van der Waals surface area contributed by atoms with E-state index in [-0.39, 0.29) is 0 Å². The summed E-state index contributed by atoms with van der Waals surface area (Å²) in [6.07, 6.45) is 4.14. The van der Waals surface area contributed by atoms with E-state index in [1.807, 2.05) is 59.3 Å². The molecular formula is C16H13BrN2O2. The standard InChI is InChI=1S/C16H13BrN2O2/c17-14-6-2-1-5-12(14)13(16(20)21)9-11-10-19-8-4-3-7-15(19)18-11/h1-8,10,13H,9H2,(H,20,21). The molecule has 4 nitrogen and oxygen atoms in total. The predicted molar refractivity (Wildman–Crippen MR) is 83.4 cm³/mol. The first kappa shape index (κ1) is 13.8. The summed E-state index contributed by atoms with van der Waals surface area (Å²) in [5, 5.41) is 9.53. The molecule has 0 amide bonds. The van der Waals surface area contributed by atoms with Gasteiger partial charge < -0.3 is 9.51 Å². The molecule has 0 radical (unpaired) electrons. The lowest BCUT2D eigenvalue weighted by atomic mass is 9.94. The van der Waals surface area contributed by atoms with Gasteiger partial charge >= 0.3 is 5.97 Å². The molecule has 0 aliphatic rings. The van der Waals surface area contributed by atoms with Gasteiger partial charge in [0.2, 0.25) is 0 Å². The first-order valence-corrected chi connectivity index (χ1v) is 7.34. The number of hydrogen-bond acceptors (Lipinski definition) is 2. The van der Waals surface area contributed by atoms with Crippen LogP contribution >= 0.6 is 15.9 Å². The number of aromatic nitrogens is 2. The molecule has 106 valence electrons. The van der Waals surface area contributed by atoms with Crippen LogP contribution in [0.2, 0.25) is 0 Å². The van der Waals surface area contributed by atoms with E-state index in [1.54, 1.807) is 0 Å². The Morgan fingerprint density at radius 3 is 2.71 bits per heavy atom. The zero-order valence-corrected chi connectivity index (χ0v) is 12.7. The summed E-state index contributed by atoms with van der Waals surface area (Å²) >= 11 is 3.42. The van der Waals surface area contributed by atoms with Gasteiger partial charge in [-0.3, -0.25) is 4.79 Å². The van der Waals surface area contributed by atoms with Gasteiger partial charge in [0.25, 0.3) is 0 Å². The molecule has 1 N–H and O–H groups in total. The minimum absolute atomic E-state index is 0.361. The lowest BCUT2D eigenvalue weighted by Gasteiger charge is -2.13. The fraction of sp³-hybridized carbons (Fsp3) is 0.125. The number of aliphatic carboxylic acids is 1. The topological polar surface area (TPSA) is 54.6 Å². The van der Waals surface area contributed by atoms with Crippen LogP contribution in [0.3, 0.4) is 0 Å². The van der Waals surface area contributed by atoms with Crippen molar-refractivity contribution in [3.8, 4) is 0 Å². The van der Waals surface area contributed by atoms with Crippen LogP contribution in [0.5, 0.6) is 0 Å². The van der Waals surface area contributed by atoms with Crippen LogP contribution in [0.25, 0.3) is 5.65 Å². The second-order valence-electron chi connectivity index (χ2n) is 4.81. The fourth-order valence-electron chi connectivity index (χ4n) is 2.38. The highest BCUT2D eigenvalue weighted by molar-refractivity contribution is 9.10. The quantitative estimate of drug-likeness (QED) is 0.787. The molecule has 0 spiro atoms. The van der Waals surface area contributed by atoms with Gasteiger partial charge in [0.1, 0.15) is 5.65 Å². The Morgan fingerprint density at radius 1 is 1.24 bits per heavy atom. The molecule has 0 aliphatic heterocycles. The molecule has 1 aromatic carbocycles. The summed E-state index contributed by atoms with van der Waals surface area (Å²) < 4.78 is 2.70. The number of rotatable bonds is 4. The van der Waals surface area contributed by atoms with Gasteiger partial charge in [-0.2, -0.15) is 0 Å². The van der Waals surface area contributed by atoms with Crippen molar-refractivity contribution in [3.05, 3.63) is 70.6 Å². The Morgan fingerprint density at radius 2 is 2.00 bits per heavy atom. The normalized spacial score (nSPS) is 12.4. The summed E-state index contributed by atoms with van der Waals surface area (Å²) in [4.78, 5) is 16.1. The molecule has 3 aromatic rings. The lowest BCUT2D eigenvalue weighted by molar-refractivity contribution is -0.138. The van der Waals surface area contributed by atoms with Gasteiger partial charge in [-0.1, -0.05) is 40.2 Å². The minimum Gasteiger partial charge on any atom is -0.481 e. The fourth-order valence-corrected chi connectivity index (χ4v) is 2.94. The van der Waals surface area contributed by atoms with E-state index in [0.717, 1.165) is 21.4 Å². The number of pyridine rings is 1. The van der Waals surface area contributed by atoms with Crippen molar-refractivity contribution < 1.29 is 9.90 Å². The third kappa shape index (κ3) is 2.83. The molecule has 1 atom stereocenters. The van der Waals surface area contributed by atoms with Crippen LogP contribution in [-0.2, 0) is 11.2 Å². The van der Waals surface area contributed by atoms with E-state index in [2.05, 4.69) is 20.9 Å². The number of halogens is 1. The third-order valence-corrected chi connectivity index (χ3v) is 4.13. The maximum absolute atomic E-state index is 11.6. The number of hydrogen-bond donors (Lipinski definition) is 1. The van der Waals surface area contributed by atoms with Crippen molar-refractivity contribution in [3.63, 3.8) is 0 Å². The van der Waals surface area contributed by atoms with Crippen LogP contribution in [0, 0.1) is 0 Å². The van der Waals surface area contributed by atoms with E-state index in [1.165, 1.54) is 0 Å². The van der Waals surface area contributed by atoms with Crippen LogP contribution in [0.1, 0.15) is 17.2 Å².